The Hall–Kier alpha value is -2.64. The number of carbonyl (C=O) groups excluding carboxylic acids is 1. The summed E-state index contributed by atoms with van der Waals surface area (Å²) in [6.45, 7) is 3.53. The van der Waals surface area contributed by atoms with E-state index < -0.39 is 0 Å². The van der Waals surface area contributed by atoms with Crippen LogP contribution in [0.15, 0.2) is 54.6 Å². The third-order valence-corrected chi connectivity index (χ3v) is 5.62. The Morgan fingerprint density at radius 2 is 1.77 bits per heavy atom. The van der Waals surface area contributed by atoms with Gasteiger partial charge in [-0.3, -0.25) is 9.69 Å². The van der Waals surface area contributed by atoms with E-state index in [0.29, 0.717) is 23.1 Å². The standard InChI is InChI=1S/C22H23N3O/c23-12-19-8-4-5-9-21(19)22(26)25-15-18-10-11-20(16-25)24(14-18)13-17-6-2-1-3-7-17/h1-9,18,20H,10-11,13-16H2/t18-,20-/m1/s1. The highest BCUT2D eigenvalue weighted by molar-refractivity contribution is 5.96. The summed E-state index contributed by atoms with van der Waals surface area (Å²) >= 11 is 0. The average molecular weight is 345 g/mol. The molecule has 2 atom stereocenters. The van der Waals surface area contributed by atoms with Crippen molar-refractivity contribution in [2.75, 3.05) is 19.6 Å². The molecule has 3 aliphatic heterocycles. The van der Waals surface area contributed by atoms with Gasteiger partial charge in [-0.15, -0.1) is 0 Å². The van der Waals surface area contributed by atoms with Gasteiger partial charge in [0.2, 0.25) is 0 Å². The third-order valence-electron chi connectivity index (χ3n) is 5.62. The van der Waals surface area contributed by atoms with Crippen molar-refractivity contribution in [3.63, 3.8) is 0 Å². The van der Waals surface area contributed by atoms with Gasteiger partial charge >= 0.3 is 0 Å². The molecule has 1 amide bonds. The van der Waals surface area contributed by atoms with Crippen LogP contribution in [0.2, 0.25) is 0 Å². The molecule has 0 aliphatic carbocycles. The lowest BCUT2D eigenvalue weighted by Crippen LogP contribution is -2.44. The minimum atomic E-state index is 0.000566. The molecule has 4 nitrogen and oxygen atoms in total. The number of nitriles is 1. The maximum Gasteiger partial charge on any atom is 0.255 e. The van der Waals surface area contributed by atoms with Gasteiger partial charge < -0.3 is 4.90 Å². The molecule has 0 radical (unpaired) electrons. The Kier molecular flexibility index (Phi) is 4.73. The van der Waals surface area contributed by atoms with Crippen molar-refractivity contribution in [2.24, 2.45) is 5.92 Å². The molecule has 0 saturated carbocycles. The summed E-state index contributed by atoms with van der Waals surface area (Å²) in [6.07, 6.45) is 2.32. The number of hydrogen-bond acceptors (Lipinski definition) is 3. The molecule has 132 valence electrons. The van der Waals surface area contributed by atoms with E-state index in [2.05, 4.69) is 35.2 Å². The molecule has 0 N–H and O–H groups in total. The van der Waals surface area contributed by atoms with Gasteiger partial charge in [-0.1, -0.05) is 42.5 Å². The fraction of sp³-hybridized carbons (Fsp3) is 0.364. The number of amides is 1. The van der Waals surface area contributed by atoms with Crippen molar-refractivity contribution in [2.45, 2.75) is 25.4 Å². The maximum absolute atomic E-state index is 13.1. The van der Waals surface area contributed by atoms with Crippen molar-refractivity contribution < 1.29 is 4.79 Å². The number of nitrogens with zero attached hydrogens (tertiary/aromatic N) is 3. The molecular formula is C22H23N3O. The monoisotopic (exact) mass is 345 g/mol. The van der Waals surface area contributed by atoms with E-state index in [1.807, 2.05) is 23.1 Å². The van der Waals surface area contributed by atoms with Crippen LogP contribution >= 0.6 is 0 Å². The highest BCUT2D eigenvalue weighted by Gasteiger charge is 2.36. The first-order valence-electron chi connectivity index (χ1n) is 9.31. The predicted molar refractivity (Wildman–Crippen MR) is 100 cm³/mol. The van der Waals surface area contributed by atoms with E-state index in [1.54, 1.807) is 12.1 Å². The van der Waals surface area contributed by atoms with Crippen LogP contribution in [0.1, 0.15) is 34.3 Å². The smallest absolute Gasteiger partial charge is 0.255 e. The molecule has 2 aromatic rings. The second kappa shape index (κ2) is 7.31. The van der Waals surface area contributed by atoms with E-state index >= 15 is 0 Å². The Labute approximate surface area is 154 Å². The highest BCUT2D eigenvalue weighted by Crippen LogP contribution is 2.30. The average Bonchev–Trinajstić information content (AvgIpc) is 3.00. The van der Waals surface area contributed by atoms with Gasteiger partial charge in [0.15, 0.2) is 0 Å². The number of fused-ring (bicyclic) bond motifs is 4. The molecule has 0 spiro atoms. The van der Waals surface area contributed by atoms with Gasteiger partial charge in [-0.05, 0) is 36.5 Å². The summed E-state index contributed by atoms with van der Waals surface area (Å²) in [5.41, 5.74) is 2.33. The van der Waals surface area contributed by atoms with Crippen molar-refractivity contribution in [3.8, 4) is 6.07 Å². The van der Waals surface area contributed by atoms with E-state index in [1.165, 1.54) is 12.0 Å². The SMILES string of the molecule is N#Cc1ccccc1C(=O)N1C[C@@H]2CC[C@H](C1)N(Cc1ccccc1)C2. The molecule has 3 heterocycles. The Morgan fingerprint density at radius 3 is 2.58 bits per heavy atom. The molecule has 3 aliphatic rings. The van der Waals surface area contributed by atoms with E-state index in [4.69, 9.17) is 0 Å². The van der Waals surface area contributed by atoms with Gasteiger partial charge in [-0.25, -0.2) is 0 Å². The summed E-state index contributed by atoms with van der Waals surface area (Å²) in [5, 5.41) is 9.31. The zero-order chi connectivity index (χ0) is 17.9. The van der Waals surface area contributed by atoms with Gasteiger partial charge in [0.05, 0.1) is 17.2 Å². The second-order valence-electron chi connectivity index (χ2n) is 7.38. The topological polar surface area (TPSA) is 47.3 Å². The summed E-state index contributed by atoms with van der Waals surface area (Å²) in [6, 6.07) is 20.2. The zero-order valence-corrected chi connectivity index (χ0v) is 14.8. The van der Waals surface area contributed by atoms with Gasteiger partial charge in [0, 0.05) is 32.2 Å². The summed E-state index contributed by atoms with van der Waals surface area (Å²) in [4.78, 5) is 17.6. The second-order valence-corrected chi connectivity index (χ2v) is 7.38. The Morgan fingerprint density at radius 1 is 1.00 bits per heavy atom. The van der Waals surface area contributed by atoms with Crippen LogP contribution in [0.5, 0.6) is 0 Å². The quantitative estimate of drug-likeness (QED) is 0.857. The molecular weight excluding hydrogens is 322 g/mol. The Bertz CT molecular complexity index is 827. The van der Waals surface area contributed by atoms with Crippen LogP contribution in [0, 0.1) is 17.2 Å². The molecule has 26 heavy (non-hydrogen) atoms. The molecule has 3 saturated heterocycles. The lowest BCUT2D eigenvalue weighted by Gasteiger charge is -2.36. The molecule has 0 unspecified atom stereocenters. The fourth-order valence-corrected chi connectivity index (χ4v) is 4.29. The number of hydrogen-bond donors (Lipinski definition) is 0. The highest BCUT2D eigenvalue weighted by atomic mass is 16.2. The fourth-order valence-electron chi connectivity index (χ4n) is 4.29. The maximum atomic E-state index is 13.1. The number of rotatable bonds is 3. The molecule has 0 aromatic heterocycles. The normalized spacial score (nSPS) is 22.7. The summed E-state index contributed by atoms with van der Waals surface area (Å²) in [5.74, 6) is 0.510. The lowest BCUT2D eigenvalue weighted by atomic mass is 9.94. The van der Waals surface area contributed by atoms with Gasteiger partial charge in [0.1, 0.15) is 0 Å². The molecule has 4 heteroatoms. The largest absolute Gasteiger partial charge is 0.337 e. The van der Waals surface area contributed by atoms with Gasteiger partial charge in [-0.2, -0.15) is 5.26 Å². The van der Waals surface area contributed by atoms with Crippen molar-refractivity contribution >= 4 is 5.91 Å². The van der Waals surface area contributed by atoms with Crippen LogP contribution < -0.4 is 0 Å². The van der Waals surface area contributed by atoms with E-state index in [-0.39, 0.29) is 5.91 Å². The number of carbonyl (C=O) groups is 1. The van der Waals surface area contributed by atoms with Crippen LogP contribution in [0.25, 0.3) is 0 Å². The molecule has 5 rings (SSSR count). The van der Waals surface area contributed by atoms with E-state index in [0.717, 1.165) is 32.6 Å². The molecule has 2 aromatic carbocycles. The summed E-state index contributed by atoms with van der Waals surface area (Å²) < 4.78 is 0. The molecule has 3 fully saturated rings. The first-order chi connectivity index (χ1) is 12.7. The minimum Gasteiger partial charge on any atom is -0.337 e. The van der Waals surface area contributed by atoms with Crippen LogP contribution in [0.3, 0.4) is 0 Å². The van der Waals surface area contributed by atoms with Crippen molar-refractivity contribution in [1.29, 1.82) is 5.26 Å². The number of piperidine rings is 1. The first kappa shape index (κ1) is 16.8. The van der Waals surface area contributed by atoms with Crippen LogP contribution in [-0.2, 0) is 6.54 Å². The third kappa shape index (κ3) is 3.36. The van der Waals surface area contributed by atoms with E-state index in [9.17, 15) is 10.1 Å². The van der Waals surface area contributed by atoms with Crippen molar-refractivity contribution in [1.82, 2.24) is 9.80 Å². The predicted octanol–water partition coefficient (Wildman–Crippen LogP) is 3.29. The lowest BCUT2D eigenvalue weighted by molar-refractivity contribution is 0.0735. The van der Waals surface area contributed by atoms with Crippen LogP contribution in [0.4, 0.5) is 0 Å². The minimum absolute atomic E-state index is 0.000566. The Balaban J connectivity index is 1.53. The zero-order valence-electron chi connectivity index (χ0n) is 14.8. The van der Waals surface area contributed by atoms with Gasteiger partial charge in [0.25, 0.3) is 5.91 Å². The summed E-state index contributed by atoms with van der Waals surface area (Å²) in [7, 11) is 0. The first-order valence-corrected chi connectivity index (χ1v) is 9.31. The van der Waals surface area contributed by atoms with Crippen LogP contribution in [-0.4, -0.2) is 41.4 Å². The van der Waals surface area contributed by atoms with Crippen molar-refractivity contribution in [3.05, 3.63) is 71.3 Å². The molecule has 2 bridgehead atoms. The number of benzene rings is 2.